The highest BCUT2D eigenvalue weighted by Gasteiger charge is 2.40. The minimum atomic E-state index is -0.551. The van der Waals surface area contributed by atoms with E-state index in [1.807, 2.05) is 60.4 Å². The van der Waals surface area contributed by atoms with Gasteiger partial charge in [-0.2, -0.15) is 0 Å². The predicted molar refractivity (Wildman–Crippen MR) is 92.6 cm³/mol. The number of benzene rings is 2. The standard InChI is InChI=1S/C19H22N2O3/c1-19(15-4-3-5-16(20)10-15)13-24-12-18(22)21(19)11-14-6-8-17(23-2)9-7-14/h3-10H,11-13,20H2,1-2H3. The van der Waals surface area contributed by atoms with Gasteiger partial charge in [0, 0.05) is 12.2 Å². The van der Waals surface area contributed by atoms with E-state index in [1.54, 1.807) is 7.11 Å². The molecule has 0 saturated carbocycles. The number of carbonyl (C=O) groups excluding carboxylic acids is 1. The number of nitrogen functional groups attached to an aromatic ring is 1. The van der Waals surface area contributed by atoms with Crippen LogP contribution in [-0.2, 0) is 21.6 Å². The Morgan fingerprint density at radius 1 is 1.25 bits per heavy atom. The van der Waals surface area contributed by atoms with Crippen LogP contribution in [0.2, 0.25) is 0 Å². The zero-order valence-electron chi connectivity index (χ0n) is 14.0. The minimum Gasteiger partial charge on any atom is -0.497 e. The predicted octanol–water partition coefficient (Wildman–Crippen LogP) is 2.55. The molecule has 1 aliphatic heterocycles. The van der Waals surface area contributed by atoms with E-state index in [2.05, 4.69) is 0 Å². The van der Waals surface area contributed by atoms with Crippen molar-refractivity contribution in [2.24, 2.45) is 0 Å². The molecule has 1 aliphatic rings. The molecule has 2 N–H and O–H groups in total. The van der Waals surface area contributed by atoms with Crippen LogP contribution in [0.15, 0.2) is 48.5 Å². The van der Waals surface area contributed by atoms with Crippen LogP contribution in [0.4, 0.5) is 5.69 Å². The molecule has 2 aromatic carbocycles. The summed E-state index contributed by atoms with van der Waals surface area (Å²) >= 11 is 0. The van der Waals surface area contributed by atoms with Gasteiger partial charge in [-0.05, 0) is 42.3 Å². The summed E-state index contributed by atoms with van der Waals surface area (Å²) in [7, 11) is 1.64. The normalized spacial score (nSPS) is 20.9. The van der Waals surface area contributed by atoms with Crippen molar-refractivity contribution in [3.8, 4) is 5.75 Å². The first-order valence-electron chi connectivity index (χ1n) is 7.90. The van der Waals surface area contributed by atoms with E-state index in [-0.39, 0.29) is 12.5 Å². The van der Waals surface area contributed by atoms with E-state index in [0.29, 0.717) is 18.8 Å². The third kappa shape index (κ3) is 3.08. The van der Waals surface area contributed by atoms with E-state index in [0.717, 1.165) is 16.9 Å². The Morgan fingerprint density at radius 3 is 2.67 bits per heavy atom. The number of hydrogen-bond acceptors (Lipinski definition) is 4. The zero-order valence-corrected chi connectivity index (χ0v) is 14.0. The summed E-state index contributed by atoms with van der Waals surface area (Å²) in [6, 6.07) is 15.4. The molecule has 0 radical (unpaired) electrons. The van der Waals surface area contributed by atoms with Crippen LogP contribution >= 0.6 is 0 Å². The highest BCUT2D eigenvalue weighted by atomic mass is 16.5. The number of amides is 1. The van der Waals surface area contributed by atoms with Gasteiger partial charge in [0.25, 0.3) is 0 Å². The number of morpholine rings is 1. The summed E-state index contributed by atoms with van der Waals surface area (Å²) in [4.78, 5) is 14.4. The summed E-state index contributed by atoms with van der Waals surface area (Å²) in [5.74, 6) is 0.771. The van der Waals surface area contributed by atoms with E-state index in [9.17, 15) is 4.79 Å². The first kappa shape index (κ1) is 16.3. The van der Waals surface area contributed by atoms with Crippen molar-refractivity contribution in [3.63, 3.8) is 0 Å². The monoisotopic (exact) mass is 326 g/mol. The van der Waals surface area contributed by atoms with Crippen LogP contribution in [0.25, 0.3) is 0 Å². The van der Waals surface area contributed by atoms with Gasteiger partial charge in [-0.25, -0.2) is 0 Å². The van der Waals surface area contributed by atoms with E-state index < -0.39 is 5.54 Å². The van der Waals surface area contributed by atoms with Gasteiger partial charge in [0.2, 0.25) is 5.91 Å². The molecule has 1 unspecified atom stereocenters. The number of nitrogens with zero attached hydrogens (tertiary/aromatic N) is 1. The maximum atomic E-state index is 12.5. The lowest BCUT2D eigenvalue weighted by Crippen LogP contribution is -2.55. The number of carbonyl (C=O) groups is 1. The second kappa shape index (κ2) is 6.53. The van der Waals surface area contributed by atoms with Gasteiger partial charge in [-0.3, -0.25) is 4.79 Å². The lowest BCUT2D eigenvalue weighted by molar-refractivity contribution is -0.159. The highest BCUT2D eigenvalue weighted by molar-refractivity contribution is 5.79. The minimum absolute atomic E-state index is 0.0259. The summed E-state index contributed by atoms with van der Waals surface area (Å²) in [5, 5.41) is 0. The van der Waals surface area contributed by atoms with Crippen LogP contribution in [0.1, 0.15) is 18.1 Å². The van der Waals surface area contributed by atoms with Gasteiger partial charge in [-0.15, -0.1) is 0 Å². The summed E-state index contributed by atoms with van der Waals surface area (Å²) in [6.07, 6.45) is 0. The van der Waals surface area contributed by atoms with Crippen LogP contribution in [0.3, 0.4) is 0 Å². The summed E-state index contributed by atoms with van der Waals surface area (Å²) in [5.41, 5.74) is 8.08. The van der Waals surface area contributed by atoms with Gasteiger partial charge in [0.1, 0.15) is 12.4 Å². The molecule has 0 spiro atoms. The molecular formula is C19H22N2O3. The fraction of sp³-hybridized carbons (Fsp3) is 0.316. The number of hydrogen-bond donors (Lipinski definition) is 1. The summed E-state index contributed by atoms with van der Waals surface area (Å²) < 4.78 is 10.7. The first-order chi connectivity index (χ1) is 11.5. The molecule has 1 atom stereocenters. The topological polar surface area (TPSA) is 64.8 Å². The Kier molecular flexibility index (Phi) is 4.44. The van der Waals surface area contributed by atoms with Gasteiger partial charge < -0.3 is 20.1 Å². The number of methoxy groups -OCH3 is 1. The fourth-order valence-electron chi connectivity index (χ4n) is 3.06. The molecule has 1 saturated heterocycles. The molecule has 0 aliphatic carbocycles. The number of ether oxygens (including phenoxy) is 2. The number of anilines is 1. The summed E-state index contributed by atoms with van der Waals surface area (Å²) in [6.45, 7) is 3.08. The smallest absolute Gasteiger partial charge is 0.249 e. The molecule has 0 bridgehead atoms. The second-order valence-corrected chi connectivity index (χ2v) is 6.22. The van der Waals surface area contributed by atoms with Crippen molar-refractivity contribution < 1.29 is 14.3 Å². The maximum Gasteiger partial charge on any atom is 0.249 e. The molecule has 0 aromatic heterocycles. The molecule has 1 amide bonds. The third-order valence-electron chi connectivity index (χ3n) is 4.51. The van der Waals surface area contributed by atoms with E-state index in [1.165, 1.54) is 0 Å². The van der Waals surface area contributed by atoms with E-state index >= 15 is 0 Å². The molecule has 24 heavy (non-hydrogen) atoms. The maximum absolute atomic E-state index is 12.5. The van der Waals surface area contributed by atoms with Crippen molar-refractivity contribution in [1.82, 2.24) is 4.90 Å². The SMILES string of the molecule is COc1ccc(CN2C(=O)COCC2(C)c2cccc(N)c2)cc1. The van der Waals surface area contributed by atoms with E-state index in [4.69, 9.17) is 15.2 Å². The van der Waals surface area contributed by atoms with Gasteiger partial charge in [0.15, 0.2) is 0 Å². The molecule has 5 heteroatoms. The van der Waals surface area contributed by atoms with Crippen LogP contribution in [0, 0.1) is 0 Å². The fourth-order valence-corrected chi connectivity index (χ4v) is 3.06. The van der Waals surface area contributed by atoms with Gasteiger partial charge >= 0.3 is 0 Å². The molecule has 126 valence electrons. The zero-order chi connectivity index (χ0) is 17.2. The van der Waals surface area contributed by atoms with Crippen LogP contribution in [-0.4, -0.2) is 31.1 Å². The van der Waals surface area contributed by atoms with Gasteiger partial charge in [-0.1, -0.05) is 24.3 Å². The Hall–Kier alpha value is -2.53. The molecule has 3 rings (SSSR count). The lowest BCUT2D eigenvalue weighted by Gasteiger charge is -2.45. The van der Waals surface area contributed by atoms with Crippen molar-refractivity contribution >= 4 is 11.6 Å². The Bertz CT molecular complexity index is 730. The van der Waals surface area contributed by atoms with Gasteiger partial charge in [0.05, 0.1) is 19.3 Å². The Balaban J connectivity index is 1.92. The molecule has 1 heterocycles. The van der Waals surface area contributed by atoms with Crippen molar-refractivity contribution in [3.05, 3.63) is 59.7 Å². The average molecular weight is 326 g/mol. The molecule has 5 nitrogen and oxygen atoms in total. The van der Waals surface area contributed by atoms with Crippen LogP contribution in [0.5, 0.6) is 5.75 Å². The first-order valence-corrected chi connectivity index (χ1v) is 7.90. The largest absolute Gasteiger partial charge is 0.497 e. The Morgan fingerprint density at radius 2 is 2.00 bits per heavy atom. The van der Waals surface area contributed by atoms with Crippen molar-refractivity contribution in [1.29, 1.82) is 0 Å². The van der Waals surface area contributed by atoms with Crippen molar-refractivity contribution in [2.75, 3.05) is 26.1 Å². The Labute approximate surface area is 142 Å². The molecule has 2 aromatic rings. The lowest BCUT2D eigenvalue weighted by atomic mass is 9.88. The average Bonchev–Trinajstić information content (AvgIpc) is 2.59. The molecular weight excluding hydrogens is 304 g/mol. The number of rotatable bonds is 4. The highest BCUT2D eigenvalue weighted by Crippen LogP contribution is 2.34. The second-order valence-electron chi connectivity index (χ2n) is 6.22. The van der Waals surface area contributed by atoms with Crippen molar-refractivity contribution in [2.45, 2.75) is 19.0 Å². The number of nitrogens with two attached hydrogens (primary N) is 1. The molecule has 1 fully saturated rings. The quantitative estimate of drug-likeness (QED) is 0.877. The third-order valence-corrected chi connectivity index (χ3v) is 4.51. The van der Waals surface area contributed by atoms with Crippen LogP contribution < -0.4 is 10.5 Å².